The zero-order valence-corrected chi connectivity index (χ0v) is 14.0. The third kappa shape index (κ3) is 4.53. The van der Waals surface area contributed by atoms with Crippen LogP contribution in [0.1, 0.15) is 65.1 Å². The van der Waals surface area contributed by atoms with E-state index in [4.69, 9.17) is 0 Å². The molecular weight excluding hydrogens is 260 g/mol. The van der Waals surface area contributed by atoms with Gasteiger partial charge in [-0.1, -0.05) is 33.6 Å². The molecule has 1 aliphatic rings. The molecular formula is C17H32N4. The Labute approximate surface area is 129 Å². The Balaban J connectivity index is 2.02. The fourth-order valence-electron chi connectivity index (χ4n) is 3.87. The highest BCUT2D eigenvalue weighted by molar-refractivity contribution is 4.94. The molecule has 4 heteroatoms. The van der Waals surface area contributed by atoms with Crippen LogP contribution in [0, 0.1) is 11.8 Å². The number of hydrogen-bond donors (Lipinski definition) is 1. The van der Waals surface area contributed by atoms with Crippen molar-refractivity contribution in [3.63, 3.8) is 0 Å². The third-order valence-electron chi connectivity index (χ3n) is 4.83. The SMILES string of the molecule is CCCC1CCC(NCC)C(Cc2ncnn2CCC)C1. The quantitative estimate of drug-likeness (QED) is 0.798. The normalized spacial score (nSPS) is 26.1. The highest BCUT2D eigenvalue weighted by Gasteiger charge is 2.30. The molecule has 0 aromatic carbocycles. The summed E-state index contributed by atoms with van der Waals surface area (Å²) in [5.74, 6) is 2.81. The topological polar surface area (TPSA) is 42.7 Å². The molecule has 1 aromatic rings. The predicted molar refractivity (Wildman–Crippen MR) is 87.2 cm³/mol. The van der Waals surface area contributed by atoms with Crippen molar-refractivity contribution in [1.29, 1.82) is 0 Å². The Morgan fingerprint density at radius 3 is 2.81 bits per heavy atom. The van der Waals surface area contributed by atoms with E-state index >= 15 is 0 Å². The van der Waals surface area contributed by atoms with Gasteiger partial charge in [0.2, 0.25) is 0 Å². The van der Waals surface area contributed by atoms with Gasteiger partial charge in [0, 0.05) is 19.0 Å². The third-order valence-corrected chi connectivity index (χ3v) is 4.83. The molecule has 0 spiro atoms. The second-order valence-electron chi connectivity index (χ2n) is 6.50. The molecule has 21 heavy (non-hydrogen) atoms. The van der Waals surface area contributed by atoms with Crippen molar-refractivity contribution in [3.8, 4) is 0 Å². The van der Waals surface area contributed by atoms with E-state index < -0.39 is 0 Å². The molecule has 0 saturated heterocycles. The molecule has 1 N–H and O–H groups in total. The van der Waals surface area contributed by atoms with Gasteiger partial charge in [-0.25, -0.2) is 4.98 Å². The Kier molecular flexibility index (Phi) is 6.68. The first-order chi connectivity index (χ1) is 10.3. The van der Waals surface area contributed by atoms with E-state index in [1.165, 1.54) is 37.9 Å². The van der Waals surface area contributed by atoms with Crippen LogP contribution in [0.25, 0.3) is 0 Å². The van der Waals surface area contributed by atoms with Gasteiger partial charge >= 0.3 is 0 Å². The number of nitrogens with zero attached hydrogens (tertiary/aromatic N) is 3. The van der Waals surface area contributed by atoms with Gasteiger partial charge in [-0.05, 0) is 44.1 Å². The first-order valence-electron chi connectivity index (χ1n) is 8.88. The van der Waals surface area contributed by atoms with E-state index in [1.807, 2.05) is 0 Å². The molecule has 1 saturated carbocycles. The van der Waals surface area contributed by atoms with Crippen LogP contribution in [0.4, 0.5) is 0 Å². The van der Waals surface area contributed by atoms with Crippen molar-refractivity contribution >= 4 is 0 Å². The molecule has 2 rings (SSSR count). The average molecular weight is 292 g/mol. The molecule has 1 aromatic heterocycles. The Hall–Kier alpha value is -0.900. The van der Waals surface area contributed by atoms with Crippen LogP contribution in [-0.4, -0.2) is 27.4 Å². The average Bonchev–Trinajstić information content (AvgIpc) is 2.90. The van der Waals surface area contributed by atoms with Crippen molar-refractivity contribution < 1.29 is 0 Å². The van der Waals surface area contributed by atoms with Crippen LogP contribution < -0.4 is 5.32 Å². The van der Waals surface area contributed by atoms with Crippen molar-refractivity contribution in [2.45, 2.75) is 78.3 Å². The molecule has 0 bridgehead atoms. The minimum atomic E-state index is 0.662. The highest BCUT2D eigenvalue weighted by Crippen LogP contribution is 2.34. The maximum absolute atomic E-state index is 4.52. The minimum Gasteiger partial charge on any atom is -0.314 e. The number of aryl methyl sites for hydroxylation is 1. The lowest BCUT2D eigenvalue weighted by Gasteiger charge is -2.36. The van der Waals surface area contributed by atoms with Gasteiger partial charge in [-0.15, -0.1) is 0 Å². The van der Waals surface area contributed by atoms with Crippen molar-refractivity contribution in [2.75, 3.05) is 6.54 Å². The highest BCUT2D eigenvalue weighted by atomic mass is 15.3. The number of nitrogens with one attached hydrogen (secondary N) is 1. The number of hydrogen-bond acceptors (Lipinski definition) is 3. The molecule has 0 amide bonds. The number of aromatic nitrogens is 3. The molecule has 0 aliphatic heterocycles. The maximum Gasteiger partial charge on any atom is 0.138 e. The van der Waals surface area contributed by atoms with Crippen LogP contribution in [0.15, 0.2) is 6.33 Å². The Morgan fingerprint density at radius 2 is 2.10 bits per heavy atom. The standard InChI is InChI=1S/C17H32N4/c1-4-7-14-8-9-16(18-6-3)15(11-14)12-17-19-13-20-21(17)10-5-2/h13-16,18H,4-12H2,1-3H3. The predicted octanol–water partition coefficient (Wildman–Crippen LogP) is 3.43. The van der Waals surface area contributed by atoms with E-state index in [0.29, 0.717) is 6.04 Å². The van der Waals surface area contributed by atoms with Crippen molar-refractivity contribution in [1.82, 2.24) is 20.1 Å². The molecule has 1 fully saturated rings. The molecule has 4 nitrogen and oxygen atoms in total. The van der Waals surface area contributed by atoms with Crippen LogP contribution >= 0.6 is 0 Å². The van der Waals surface area contributed by atoms with Crippen LogP contribution in [0.3, 0.4) is 0 Å². The van der Waals surface area contributed by atoms with Gasteiger partial charge in [0.25, 0.3) is 0 Å². The Morgan fingerprint density at radius 1 is 1.24 bits per heavy atom. The zero-order chi connectivity index (χ0) is 15.1. The minimum absolute atomic E-state index is 0.662. The second-order valence-corrected chi connectivity index (χ2v) is 6.50. The van der Waals surface area contributed by atoms with E-state index in [0.717, 1.165) is 37.8 Å². The summed E-state index contributed by atoms with van der Waals surface area (Å²) in [7, 11) is 0. The van der Waals surface area contributed by atoms with Gasteiger partial charge in [0.15, 0.2) is 0 Å². The van der Waals surface area contributed by atoms with E-state index in [2.05, 4.69) is 40.9 Å². The monoisotopic (exact) mass is 292 g/mol. The summed E-state index contributed by atoms with van der Waals surface area (Å²) in [5.41, 5.74) is 0. The zero-order valence-electron chi connectivity index (χ0n) is 14.0. The van der Waals surface area contributed by atoms with Gasteiger partial charge in [0.05, 0.1) is 0 Å². The maximum atomic E-state index is 4.52. The molecule has 120 valence electrons. The van der Waals surface area contributed by atoms with Gasteiger partial charge in [0.1, 0.15) is 12.2 Å². The van der Waals surface area contributed by atoms with Crippen LogP contribution in [-0.2, 0) is 13.0 Å². The lowest BCUT2D eigenvalue weighted by molar-refractivity contribution is 0.192. The second kappa shape index (κ2) is 8.52. The molecule has 3 unspecified atom stereocenters. The van der Waals surface area contributed by atoms with Gasteiger partial charge < -0.3 is 5.32 Å². The summed E-state index contributed by atoms with van der Waals surface area (Å²) in [6, 6.07) is 0.662. The summed E-state index contributed by atoms with van der Waals surface area (Å²) in [4.78, 5) is 4.52. The molecule has 3 atom stereocenters. The molecule has 0 radical (unpaired) electrons. The van der Waals surface area contributed by atoms with E-state index in [-0.39, 0.29) is 0 Å². The van der Waals surface area contributed by atoms with E-state index in [1.54, 1.807) is 6.33 Å². The lowest BCUT2D eigenvalue weighted by Crippen LogP contribution is -2.42. The number of rotatable bonds is 8. The van der Waals surface area contributed by atoms with Crippen molar-refractivity contribution in [2.24, 2.45) is 11.8 Å². The summed E-state index contributed by atoms with van der Waals surface area (Å²) < 4.78 is 2.10. The summed E-state index contributed by atoms with van der Waals surface area (Å²) in [6.07, 6.45) is 10.7. The Bertz CT molecular complexity index is 401. The van der Waals surface area contributed by atoms with Crippen molar-refractivity contribution in [3.05, 3.63) is 12.2 Å². The first-order valence-corrected chi connectivity index (χ1v) is 8.88. The summed E-state index contributed by atoms with van der Waals surface area (Å²) in [5, 5.41) is 8.09. The first kappa shape index (κ1) is 16.5. The molecule has 1 aliphatic carbocycles. The van der Waals surface area contributed by atoms with Gasteiger partial charge in [-0.2, -0.15) is 5.10 Å². The van der Waals surface area contributed by atoms with Gasteiger partial charge in [-0.3, -0.25) is 4.68 Å². The fraction of sp³-hybridized carbons (Fsp3) is 0.882. The van der Waals surface area contributed by atoms with Crippen LogP contribution in [0.5, 0.6) is 0 Å². The molecule has 1 heterocycles. The van der Waals surface area contributed by atoms with Crippen LogP contribution in [0.2, 0.25) is 0 Å². The fourth-order valence-corrected chi connectivity index (χ4v) is 3.87. The lowest BCUT2D eigenvalue weighted by atomic mass is 9.75. The smallest absolute Gasteiger partial charge is 0.138 e. The van der Waals surface area contributed by atoms with E-state index in [9.17, 15) is 0 Å². The summed E-state index contributed by atoms with van der Waals surface area (Å²) in [6.45, 7) is 8.79. The largest absolute Gasteiger partial charge is 0.314 e. The summed E-state index contributed by atoms with van der Waals surface area (Å²) >= 11 is 0.